The van der Waals surface area contributed by atoms with Gasteiger partial charge in [0.05, 0.1) is 17.4 Å². The Morgan fingerprint density at radius 1 is 0.756 bits per heavy atom. The number of anilines is 2. The minimum atomic E-state index is -0.298. The average molecular weight is 617 g/mol. The third-order valence-corrected chi connectivity index (χ3v) is 9.23. The van der Waals surface area contributed by atoms with Crippen LogP contribution in [0.1, 0.15) is 59.6 Å². The highest BCUT2D eigenvalue weighted by Crippen LogP contribution is 2.33. The number of nitrogens with one attached hydrogen (secondary N) is 3. The van der Waals surface area contributed by atoms with E-state index >= 15 is 0 Å². The van der Waals surface area contributed by atoms with Crippen molar-refractivity contribution < 1.29 is 18.4 Å². The van der Waals surface area contributed by atoms with E-state index in [2.05, 4.69) is 25.8 Å². The smallest absolute Gasteiger partial charge is 0.319 e. The Balaban J connectivity index is 1.22. The molecule has 2 saturated heterocycles. The number of hydrogen-bond acceptors (Lipinski definition) is 5. The molecule has 0 bridgehead atoms. The van der Waals surface area contributed by atoms with Crippen LogP contribution in [0.15, 0.2) is 66.7 Å². The van der Waals surface area contributed by atoms with Crippen molar-refractivity contribution in [2.24, 2.45) is 0 Å². The van der Waals surface area contributed by atoms with Gasteiger partial charge in [-0.1, -0.05) is 43.5 Å². The monoisotopic (exact) mass is 616 g/mol. The lowest BCUT2D eigenvalue weighted by atomic mass is 9.96. The highest BCUT2D eigenvalue weighted by molar-refractivity contribution is 5.99. The summed E-state index contributed by atoms with van der Waals surface area (Å²) in [6, 6.07) is 18.4. The van der Waals surface area contributed by atoms with Gasteiger partial charge in [-0.2, -0.15) is 0 Å². The third kappa shape index (κ3) is 7.62. The number of amides is 3. The summed E-state index contributed by atoms with van der Waals surface area (Å²) in [7, 11) is 0. The molecule has 3 amide bonds. The van der Waals surface area contributed by atoms with Crippen LogP contribution in [0.2, 0.25) is 0 Å². The Morgan fingerprint density at radius 2 is 1.36 bits per heavy atom. The summed E-state index contributed by atoms with van der Waals surface area (Å²) in [5.74, 6) is -0.634. The van der Waals surface area contributed by atoms with Crippen LogP contribution in [-0.4, -0.2) is 80.1 Å². The lowest BCUT2D eigenvalue weighted by molar-refractivity contribution is 0.0736. The van der Waals surface area contributed by atoms with Crippen molar-refractivity contribution in [3.63, 3.8) is 0 Å². The molecule has 3 aliphatic rings. The van der Waals surface area contributed by atoms with E-state index in [9.17, 15) is 18.4 Å². The standard InChI is InChI=1S/C35H42F2N6O2/c36-28-11-6-25(7-12-28)33(26-8-13-29(37)14-9-26)42-22-20-41(21-23-42)32-15-10-27(34(44)43-18-16-38-17-19-43)24-31(32)40-35(45)39-30-4-2-1-3-5-30/h6-15,24,30,33,38H,1-5,16-23H2,(H2,39,40,45). The minimum absolute atomic E-state index is 0.0370. The first kappa shape index (κ1) is 31.0. The molecule has 0 unspecified atom stereocenters. The summed E-state index contributed by atoms with van der Waals surface area (Å²) in [4.78, 5) is 33.0. The first-order chi connectivity index (χ1) is 21.9. The fraction of sp³-hybridized carbons (Fsp3) is 0.429. The Kier molecular flexibility index (Phi) is 9.91. The van der Waals surface area contributed by atoms with Crippen molar-refractivity contribution in [2.75, 3.05) is 62.6 Å². The van der Waals surface area contributed by atoms with Gasteiger partial charge in [-0.3, -0.25) is 9.69 Å². The molecule has 3 aromatic rings. The molecule has 0 radical (unpaired) electrons. The molecule has 238 valence electrons. The number of nitrogens with zero attached hydrogens (tertiary/aromatic N) is 3. The lowest BCUT2D eigenvalue weighted by Crippen LogP contribution is -2.48. The summed E-state index contributed by atoms with van der Waals surface area (Å²) >= 11 is 0. The van der Waals surface area contributed by atoms with Crippen molar-refractivity contribution in [3.05, 3.63) is 95.1 Å². The van der Waals surface area contributed by atoms with Crippen LogP contribution in [0, 0.1) is 11.6 Å². The topological polar surface area (TPSA) is 80.0 Å². The zero-order valence-electron chi connectivity index (χ0n) is 25.6. The third-order valence-electron chi connectivity index (χ3n) is 9.23. The van der Waals surface area contributed by atoms with Gasteiger partial charge < -0.3 is 25.8 Å². The van der Waals surface area contributed by atoms with Crippen LogP contribution in [0.5, 0.6) is 0 Å². The quantitative estimate of drug-likeness (QED) is 0.333. The number of rotatable bonds is 7. The highest BCUT2D eigenvalue weighted by Gasteiger charge is 2.29. The first-order valence-corrected chi connectivity index (χ1v) is 16.2. The molecule has 45 heavy (non-hydrogen) atoms. The molecule has 0 spiro atoms. The number of benzene rings is 3. The van der Waals surface area contributed by atoms with E-state index in [-0.39, 0.29) is 35.7 Å². The number of hydrogen-bond donors (Lipinski definition) is 3. The minimum Gasteiger partial charge on any atom is -0.367 e. The number of carbonyl (C=O) groups excluding carboxylic acids is 2. The maximum Gasteiger partial charge on any atom is 0.319 e. The fourth-order valence-electron chi connectivity index (χ4n) is 6.81. The Hall–Kier alpha value is -4.02. The van der Waals surface area contributed by atoms with Gasteiger partial charge in [0.15, 0.2) is 0 Å². The molecule has 2 heterocycles. The molecular weight excluding hydrogens is 574 g/mol. The zero-order valence-corrected chi connectivity index (χ0v) is 25.6. The molecular formula is C35H42F2N6O2. The van der Waals surface area contributed by atoms with E-state index in [0.29, 0.717) is 50.5 Å². The SMILES string of the molecule is O=C(Nc1cc(C(=O)N2CCNCC2)ccc1N1CCN(C(c2ccc(F)cc2)c2ccc(F)cc2)CC1)NC1CCCCC1. The summed E-state index contributed by atoms with van der Waals surface area (Å²) < 4.78 is 27.6. The maximum absolute atomic E-state index is 13.8. The molecule has 0 atom stereocenters. The predicted molar refractivity (Wildman–Crippen MR) is 173 cm³/mol. The molecule has 8 nitrogen and oxygen atoms in total. The molecule has 0 aromatic heterocycles. The maximum atomic E-state index is 13.8. The molecule has 1 aliphatic carbocycles. The van der Waals surface area contributed by atoms with Crippen molar-refractivity contribution in [2.45, 2.75) is 44.2 Å². The van der Waals surface area contributed by atoms with E-state index < -0.39 is 0 Å². The van der Waals surface area contributed by atoms with Gasteiger partial charge in [0.1, 0.15) is 11.6 Å². The van der Waals surface area contributed by atoms with E-state index in [1.807, 2.05) is 23.1 Å². The van der Waals surface area contributed by atoms with E-state index in [1.54, 1.807) is 24.3 Å². The van der Waals surface area contributed by atoms with E-state index in [0.717, 1.165) is 55.6 Å². The van der Waals surface area contributed by atoms with Gasteiger partial charge in [-0.05, 0) is 66.4 Å². The molecule has 3 N–H and O–H groups in total. The van der Waals surface area contributed by atoms with Gasteiger partial charge in [-0.25, -0.2) is 13.6 Å². The van der Waals surface area contributed by atoms with Crippen molar-refractivity contribution >= 4 is 23.3 Å². The van der Waals surface area contributed by atoms with Gasteiger partial charge in [0.25, 0.3) is 5.91 Å². The second-order valence-corrected chi connectivity index (χ2v) is 12.2. The molecule has 3 fully saturated rings. The van der Waals surface area contributed by atoms with Crippen LogP contribution in [0.25, 0.3) is 0 Å². The van der Waals surface area contributed by atoms with Crippen LogP contribution in [0.3, 0.4) is 0 Å². The fourth-order valence-corrected chi connectivity index (χ4v) is 6.81. The molecule has 10 heteroatoms. The number of halogens is 2. The highest BCUT2D eigenvalue weighted by atomic mass is 19.1. The van der Waals surface area contributed by atoms with E-state index in [4.69, 9.17) is 0 Å². The van der Waals surface area contributed by atoms with Crippen LogP contribution in [0.4, 0.5) is 25.0 Å². The van der Waals surface area contributed by atoms with Crippen molar-refractivity contribution in [1.29, 1.82) is 0 Å². The van der Waals surface area contributed by atoms with Crippen LogP contribution in [-0.2, 0) is 0 Å². The lowest BCUT2D eigenvalue weighted by Gasteiger charge is -2.41. The predicted octanol–water partition coefficient (Wildman–Crippen LogP) is 5.38. The molecule has 6 rings (SSSR count). The molecule has 3 aromatic carbocycles. The van der Waals surface area contributed by atoms with E-state index in [1.165, 1.54) is 30.7 Å². The molecule has 1 saturated carbocycles. The van der Waals surface area contributed by atoms with Gasteiger partial charge in [0, 0.05) is 64.0 Å². The van der Waals surface area contributed by atoms with Gasteiger partial charge in [0.2, 0.25) is 0 Å². The summed E-state index contributed by atoms with van der Waals surface area (Å²) in [5.41, 5.74) is 3.92. The van der Waals surface area contributed by atoms with Crippen molar-refractivity contribution in [3.8, 4) is 0 Å². The Labute approximate surface area is 263 Å². The molecule has 2 aliphatic heterocycles. The summed E-state index contributed by atoms with van der Waals surface area (Å²) in [6.07, 6.45) is 5.40. The van der Waals surface area contributed by atoms with Crippen LogP contribution < -0.4 is 20.9 Å². The largest absolute Gasteiger partial charge is 0.367 e. The first-order valence-electron chi connectivity index (χ1n) is 16.2. The van der Waals surface area contributed by atoms with Crippen molar-refractivity contribution in [1.82, 2.24) is 20.4 Å². The number of carbonyl (C=O) groups is 2. The Bertz CT molecular complexity index is 1400. The summed E-state index contributed by atoms with van der Waals surface area (Å²) in [6.45, 7) is 5.54. The Morgan fingerprint density at radius 3 is 1.96 bits per heavy atom. The number of piperazine rings is 2. The normalized spacial score (nSPS) is 18.2. The second-order valence-electron chi connectivity index (χ2n) is 12.2. The zero-order chi connectivity index (χ0) is 31.2. The van der Waals surface area contributed by atoms with Crippen LogP contribution >= 0.6 is 0 Å². The average Bonchev–Trinajstić information content (AvgIpc) is 3.07. The number of urea groups is 1. The van der Waals surface area contributed by atoms with Gasteiger partial charge >= 0.3 is 6.03 Å². The second kappa shape index (κ2) is 14.4. The van der Waals surface area contributed by atoms with Gasteiger partial charge in [-0.15, -0.1) is 0 Å². The summed E-state index contributed by atoms with van der Waals surface area (Å²) in [5, 5.41) is 9.52.